The van der Waals surface area contributed by atoms with Crippen LogP contribution in [0.4, 0.5) is 0 Å². The molecule has 0 rings (SSSR count). The molecular formula is C12H21NO4. The fraction of sp³-hybridized carbons (Fsp3) is 0.500. The first-order chi connectivity index (χ1) is 7.81. The van der Waals surface area contributed by atoms with Crippen LogP contribution in [0, 0.1) is 0 Å². The van der Waals surface area contributed by atoms with Crippen molar-refractivity contribution in [2.75, 3.05) is 27.2 Å². The fourth-order valence-electron chi connectivity index (χ4n) is 0.669. The number of nitrogens with zero attached hydrogens (tertiary/aromatic N) is 1. The maximum Gasteiger partial charge on any atom is 0.333 e. The second kappa shape index (κ2) is 10.9. The van der Waals surface area contributed by atoms with E-state index < -0.39 is 5.97 Å². The van der Waals surface area contributed by atoms with Gasteiger partial charge in [-0.3, -0.25) is 0 Å². The topological polar surface area (TPSA) is 66.8 Å². The van der Waals surface area contributed by atoms with Gasteiger partial charge in [-0.05, 0) is 27.4 Å². The Hall–Kier alpha value is -1.62. The van der Waals surface area contributed by atoms with Crippen LogP contribution in [-0.2, 0) is 14.3 Å². The number of aliphatic carboxylic acids is 1. The van der Waals surface area contributed by atoms with E-state index in [1.165, 1.54) is 0 Å². The molecule has 0 saturated heterocycles. The van der Waals surface area contributed by atoms with Gasteiger partial charge >= 0.3 is 11.9 Å². The van der Waals surface area contributed by atoms with Crippen molar-refractivity contribution in [2.45, 2.75) is 13.3 Å². The third-order valence-electron chi connectivity index (χ3n) is 1.51. The van der Waals surface area contributed by atoms with Crippen molar-refractivity contribution in [3.8, 4) is 0 Å². The van der Waals surface area contributed by atoms with Crippen LogP contribution in [0.25, 0.3) is 0 Å². The van der Waals surface area contributed by atoms with Crippen LogP contribution >= 0.6 is 0 Å². The van der Waals surface area contributed by atoms with E-state index in [0.29, 0.717) is 12.2 Å². The lowest BCUT2D eigenvalue weighted by Gasteiger charge is -2.09. The van der Waals surface area contributed by atoms with Crippen molar-refractivity contribution >= 4 is 11.9 Å². The number of esters is 1. The molecule has 0 heterocycles. The molecule has 1 N–H and O–H groups in total. The summed E-state index contributed by atoms with van der Waals surface area (Å²) in [6.45, 7) is 9.50. The molecular weight excluding hydrogens is 222 g/mol. The smallest absolute Gasteiger partial charge is 0.333 e. The molecule has 0 aromatic heterocycles. The summed E-state index contributed by atoms with van der Waals surface area (Å²) in [5.74, 6) is -1.28. The van der Waals surface area contributed by atoms with E-state index in [-0.39, 0.29) is 5.97 Å². The Morgan fingerprint density at radius 2 is 1.88 bits per heavy atom. The summed E-state index contributed by atoms with van der Waals surface area (Å²) in [6.07, 6.45) is 1.70. The third-order valence-corrected chi connectivity index (χ3v) is 1.51. The number of carbonyl (C=O) groups is 2. The molecule has 0 aliphatic rings. The van der Waals surface area contributed by atoms with Gasteiger partial charge in [0.15, 0.2) is 0 Å². The van der Waals surface area contributed by atoms with E-state index in [4.69, 9.17) is 9.84 Å². The summed E-state index contributed by atoms with van der Waals surface area (Å²) >= 11 is 0. The number of rotatable bonds is 6. The predicted molar refractivity (Wildman–Crippen MR) is 66.8 cm³/mol. The second-order valence-electron chi connectivity index (χ2n) is 3.62. The van der Waals surface area contributed by atoms with Crippen molar-refractivity contribution in [1.29, 1.82) is 0 Å². The summed E-state index contributed by atoms with van der Waals surface area (Å²) in [4.78, 5) is 22.2. The highest BCUT2D eigenvalue weighted by Gasteiger charge is 2.01. The highest BCUT2D eigenvalue weighted by Crippen LogP contribution is 1.93. The Labute approximate surface area is 102 Å². The lowest BCUT2D eigenvalue weighted by molar-refractivity contribution is -0.139. The van der Waals surface area contributed by atoms with Crippen LogP contribution in [0.1, 0.15) is 13.3 Å². The Morgan fingerprint density at radius 1 is 1.41 bits per heavy atom. The molecule has 0 aliphatic carbocycles. The second-order valence-corrected chi connectivity index (χ2v) is 3.62. The average Bonchev–Trinajstić information content (AvgIpc) is 2.24. The van der Waals surface area contributed by atoms with Gasteiger partial charge in [0.25, 0.3) is 0 Å². The maximum absolute atomic E-state index is 10.9. The number of hydrogen-bond acceptors (Lipinski definition) is 4. The predicted octanol–water partition coefficient (Wildman–Crippen LogP) is 1.31. The molecule has 98 valence electrons. The van der Waals surface area contributed by atoms with Gasteiger partial charge in [-0.2, -0.15) is 0 Å². The van der Waals surface area contributed by atoms with Crippen molar-refractivity contribution < 1.29 is 19.4 Å². The van der Waals surface area contributed by atoms with Gasteiger partial charge in [0.2, 0.25) is 0 Å². The van der Waals surface area contributed by atoms with Gasteiger partial charge in [0.1, 0.15) is 0 Å². The molecule has 5 nitrogen and oxygen atoms in total. The summed E-state index contributed by atoms with van der Waals surface area (Å²) in [7, 11) is 3.97. The van der Waals surface area contributed by atoms with Gasteiger partial charge in [-0.15, -0.1) is 0 Å². The summed E-state index contributed by atoms with van der Waals surface area (Å²) < 4.78 is 4.89. The van der Waals surface area contributed by atoms with Crippen LogP contribution < -0.4 is 0 Å². The zero-order valence-electron chi connectivity index (χ0n) is 10.7. The van der Waals surface area contributed by atoms with Crippen LogP contribution in [0.5, 0.6) is 0 Å². The highest BCUT2D eigenvalue weighted by atomic mass is 16.5. The molecule has 0 saturated carbocycles. The van der Waals surface area contributed by atoms with Crippen LogP contribution in [0.3, 0.4) is 0 Å². The van der Waals surface area contributed by atoms with Crippen molar-refractivity contribution in [3.05, 3.63) is 24.8 Å². The highest BCUT2D eigenvalue weighted by molar-refractivity contribution is 5.86. The molecule has 0 spiro atoms. The first-order valence-electron chi connectivity index (χ1n) is 5.14. The van der Waals surface area contributed by atoms with Gasteiger partial charge in [-0.1, -0.05) is 13.2 Å². The largest absolute Gasteiger partial charge is 0.478 e. The quantitative estimate of drug-likeness (QED) is 0.433. The molecule has 5 heteroatoms. The van der Waals surface area contributed by atoms with Gasteiger partial charge in [-0.25, -0.2) is 9.59 Å². The zero-order chi connectivity index (χ0) is 13.8. The van der Waals surface area contributed by atoms with E-state index in [2.05, 4.69) is 18.1 Å². The van der Waals surface area contributed by atoms with E-state index in [0.717, 1.165) is 19.0 Å². The molecule has 0 unspecified atom stereocenters. The van der Waals surface area contributed by atoms with Gasteiger partial charge in [0, 0.05) is 18.2 Å². The average molecular weight is 243 g/mol. The first kappa shape index (κ1) is 17.8. The number of ether oxygens (including phenoxy) is 1. The maximum atomic E-state index is 10.9. The van der Waals surface area contributed by atoms with Crippen LogP contribution in [0.15, 0.2) is 24.8 Å². The van der Waals surface area contributed by atoms with Crippen LogP contribution in [-0.4, -0.2) is 49.2 Å². The number of hydrogen-bond donors (Lipinski definition) is 1. The zero-order valence-corrected chi connectivity index (χ0v) is 10.7. The molecule has 0 aromatic carbocycles. The monoisotopic (exact) mass is 243 g/mol. The van der Waals surface area contributed by atoms with Crippen molar-refractivity contribution in [2.24, 2.45) is 0 Å². The van der Waals surface area contributed by atoms with Crippen molar-refractivity contribution in [1.82, 2.24) is 4.90 Å². The van der Waals surface area contributed by atoms with E-state index in [1.807, 2.05) is 14.1 Å². The number of carbonyl (C=O) groups excluding carboxylic acids is 1. The van der Waals surface area contributed by atoms with Crippen molar-refractivity contribution in [3.63, 3.8) is 0 Å². The molecule has 0 radical (unpaired) electrons. The van der Waals surface area contributed by atoms with E-state index >= 15 is 0 Å². The van der Waals surface area contributed by atoms with Gasteiger partial charge in [0.05, 0.1) is 6.61 Å². The number of carboxylic acid groups (broad SMARTS) is 1. The molecule has 0 fully saturated rings. The Morgan fingerprint density at radius 3 is 2.18 bits per heavy atom. The molecule has 0 aromatic rings. The minimum atomic E-state index is -0.981. The third kappa shape index (κ3) is 17.0. The van der Waals surface area contributed by atoms with Gasteiger partial charge < -0.3 is 14.7 Å². The Kier molecular flexibility index (Phi) is 11.4. The minimum absolute atomic E-state index is 0.297. The normalized spacial score (nSPS) is 8.94. The molecule has 0 aliphatic heterocycles. The summed E-state index contributed by atoms with van der Waals surface area (Å²) in [6, 6.07) is 0. The molecule has 0 bridgehead atoms. The molecule has 17 heavy (non-hydrogen) atoms. The lowest BCUT2D eigenvalue weighted by Crippen LogP contribution is -2.16. The first-order valence-corrected chi connectivity index (χ1v) is 5.14. The summed E-state index contributed by atoms with van der Waals surface area (Å²) in [5.41, 5.74) is 0.458. The standard InChI is InChI=1S/C9H17NO2.C3H4O2/c1-8(2)9(11)12-7-5-6-10(3)4;1-2-3(4)5/h1,5-7H2,2-4H3;2H,1H2,(H,4,5). The fourth-order valence-corrected chi connectivity index (χ4v) is 0.669. The molecule has 0 amide bonds. The minimum Gasteiger partial charge on any atom is -0.478 e. The van der Waals surface area contributed by atoms with Crippen LogP contribution in [0.2, 0.25) is 0 Å². The lowest BCUT2D eigenvalue weighted by atomic mass is 10.3. The Bertz CT molecular complexity index is 272. The molecule has 0 atom stereocenters. The van der Waals surface area contributed by atoms with E-state index in [9.17, 15) is 9.59 Å². The van der Waals surface area contributed by atoms with E-state index in [1.54, 1.807) is 6.92 Å². The Balaban J connectivity index is 0. The number of carboxylic acids is 1. The summed E-state index contributed by atoms with van der Waals surface area (Å²) in [5, 5.41) is 7.60. The SMILES string of the molecule is C=C(C)C(=O)OCCCN(C)C.C=CC(=O)O.